The Morgan fingerprint density at radius 3 is 2.35 bits per heavy atom. The fraction of sp³-hybridized carbons (Fsp3) is 0.923. The van der Waals surface area contributed by atoms with Crippen molar-refractivity contribution in [1.82, 2.24) is 10.6 Å². The molecule has 0 spiro atoms. The standard InChI is InChI=1S/C13H28N2OS/c1-5-14-13(16)15-12-8-6-11(7-9-12)10(2)17(3)4/h10-12,17H,5-9H2,1-4H3,(H2,14,15,16)/t10?,11-,12-. The van der Waals surface area contributed by atoms with Crippen molar-refractivity contribution in [2.24, 2.45) is 5.92 Å². The molecule has 1 aliphatic rings. The first-order valence-corrected chi connectivity index (χ1v) is 9.06. The molecule has 2 amide bonds. The zero-order chi connectivity index (χ0) is 12.8. The summed E-state index contributed by atoms with van der Waals surface area (Å²) in [6, 6.07) is 0.391. The third-order valence-electron chi connectivity index (χ3n) is 3.94. The fourth-order valence-electron chi connectivity index (χ4n) is 2.56. The largest absolute Gasteiger partial charge is 0.338 e. The highest BCUT2D eigenvalue weighted by Gasteiger charge is 2.26. The molecule has 102 valence electrons. The minimum Gasteiger partial charge on any atom is -0.338 e. The molecular weight excluding hydrogens is 232 g/mol. The molecule has 1 aliphatic carbocycles. The van der Waals surface area contributed by atoms with Crippen LogP contribution in [0.1, 0.15) is 39.5 Å². The van der Waals surface area contributed by atoms with Crippen LogP contribution in [0, 0.1) is 5.92 Å². The molecule has 0 aromatic carbocycles. The lowest BCUT2D eigenvalue weighted by Gasteiger charge is -2.35. The minimum atomic E-state index is -0.00256. The first-order valence-electron chi connectivity index (χ1n) is 6.75. The number of urea groups is 1. The van der Waals surface area contributed by atoms with Gasteiger partial charge in [-0.1, -0.05) is 6.92 Å². The highest BCUT2D eigenvalue weighted by Crippen LogP contribution is 2.36. The summed E-state index contributed by atoms with van der Waals surface area (Å²) in [5.74, 6) is 0.878. The average Bonchev–Trinajstić information content (AvgIpc) is 2.29. The van der Waals surface area contributed by atoms with Gasteiger partial charge in [0, 0.05) is 12.6 Å². The van der Waals surface area contributed by atoms with Crippen molar-refractivity contribution in [2.75, 3.05) is 19.1 Å². The van der Waals surface area contributed by atoms with E-state index in [1.54, 1.807) is 0 Å². The van der Waals surface area contributed by atoms with Gasteiger partial charge >= 0.3 is 6.03 Å². The van der Waals surface area contributed by atoms with Gasteiger partial charge in [0.15, 0.2) is 0 Å². The maximum atomic E-state index is 11.4. The summed E-state index contributed by atoms with van der Waals surface area (Å²) in [6.07, 6.45) is 9.60. The second-order valence-corrected chi connectivity index (χ2v) is 8.06. The van der Waals surface area contributed by atoms with Crippen molar-refractivity contribution < 1.29 is 4.79 Å². The van der Waals surface area contributed by atoms with Crippen LogP contribution in [0.2, 0.25) is 0 Å². The van der Waals surface area contributed by atoms with Gasteiger partial charge in [-0.3, -0.25) is 10.9 Å². The van der Waals surface area contributed by atoms with Crippen molar-refractivity contribution in [1.29, 1.82) is 0 Å². The third kappa shape index (κ3) is 4.78. The van der Waals surface area contributed by atoms with E-state index in [4.69, 9.17) is 0 Å². The molecule has 0 aromatic heterocycles. The Kier molecular flexibility index (Phi) is 6.17. The zero-order valence-electron chi connectivity index (χ0n) is 11.6. The van der Waals surface area contributed by atoms with Crippen LogP contribution in [0.15, 0.2) is 0 Å². The average molecular weight is 260 g/mol. The summed E-state index contributed by atoms with van der Waals surface area (Å²) < 4.78 is 0. The van der Waals surface area contributed by atoms with Gasteiger partial charge in [-0.2, -0.15) is 0 Å². The lowest BCUT2D eigenvalue weighted by atomic mass is 9.84. The first-order chi connectivity index (χ1) is 8.04. The number of hydrogen-bond acceptors (Lipinski definition) is 1. The van der Waals surface area contributed by atoms with E-state index in [9.17, 15) is 4.79 Å². The van der Waals surface area contributed by atoms with Crippen LogP contribution in [-0.4, -0.2) is 36.4 Å². The Labute approximate surface area is 108 Å². The molecule has 3 nitrogen and oxygen atoms in total. The van der Waals surface area contributed by atoms with E-state index >= 15 is 0 Å². The fourth-order valence-corrected chi connectivity index (χ4v) is 3.71. The monoisotopic (exact) mass is 260 g/mol. The van der Waals surface area contributed by atoms with E-state index in [1.165, 1.54) is 12.8 Å². The summed E-state index contributed by atoms with van der Waals surface area (Å²) in [5, 5.41) is 6.73. The van der Waals surface area contributed by atoms with Gasteiger partial charge in [-0.05, 0) is 56.3 Å². The number of carbonyl (C=O) groups is 1. The highest BCUT2D eigenvalue weighted by molar-refractivity contribution is 8.16. The normalized spacial score (nSPS) is 27.2. The molecule has 17 heavy (non-hydrogen) atoms. The van der Waals surface area contributed by atoms with Crippen LogP contribution in [0.4, 0.5) is 4.79 Å². The Balaban J connectivity index is 2.28. The molecule has 1 saturated carbocycles. The summed E-state index contributed by atoms with van der Waals surface area (Å²) in [4.78, 5) is 11.4. The van der Waals surface area contributed by atoms with Crippen molar-refractivity contribution in [2.45, 2.75) is 50.8 Å². The number of nitrogens with one attached hydrogen (secondary N) is 2. The molecule has 0 saturated heterocycles. The van der Waals surface area contributed by atoms with Crippen molar-refractivity contribution in [3.8, 4) is 0 Å². The van der Waals surface area contributed by atoms with Gasteiger partial charge < -0.3 is 10.6 Å². The predicted octanol–water partition coefficient (Wildman–Crippen LogP) is 2.51. The van der Waals surface area contributed by atoms with Gasteiger partial charge in [-0.15, -0.1) is 0 Å². The molecule has 2 N–H and O–H groups in total. The molecule has 1 fully saturated rings. The van der Waals surface area contributed by atoms with E-state index in [-0.39, 0.29) is 16.9 Å². The van der Waals surface area contributed by atoms with Crippen LogP contribution >= 0.6 is 10.9 Å². The topological polar surface area (TPSA) is 41.1 Å². The maximum absolute atomic E-state index is 11.4. The molecule has 0 radical (unpaired) electrons. The molecule has 0 aliphatic heterocycles. The Hall–Kier alpha value is -0.380. The first kappa shape index (κ1) is 14.7. The van der Waals surface area contributed by atoms with E-state index < -0.39 is 0 Å². The van der Waals surface area contributed by atoms with E-state index in [1.807, 2.05) is 6.92 Å². The maximum Gasteiger partial charge on any atom is 0.314 e. The zero-order valence-corrected chi connectivity index (χ0v) is 12.5. The lowest BCUT2D eigenvalue weighted by molar-refractivity contribution is 0.227. The lowest BCUT2D eigenvalue weighted by Crippen LogP contribution is -2.44. The third-order valence-corrected chi connectivity index (χ3v) is 5.99. The van der Waals surface area contributed by atoms with E-state index in [2.05, 4.69) is 30.1 Å². The number of hydrogen-bond donors (Lipinski definition) is 3. The second-order valence-electron chi connectivity index (χ2n) is 5.32. The van der Waals surface area contributed by atoms with E-state index in [0.29, 0.717) is 12.6 Å². The van der Waals surface area contributed by atoms with Gasteiger partial charge in [0.05, 0.1) is 0 Å². The number of carbonyl (C=O) groups excluding carboxylic acids is 1. The number of amides is 2. The highest BCUT2D eigenvalue weighted by atomic mass is 32.2. The molecule has 4 heteroatoms. The molecule has 0 aromatic rings. The van der Waals surface area contributed by atoms with Crippen LogP contribution in [0.25, 0.3) is 0 Å². The molecule has 0 bridgehead atoms. The molecular formula is C13H28N2OS. The summed E-state index contributed by atoms with van der Waals surface area (Å²) in [6.45, 7) is 5.05. The molecule has 1 unspecified atom stereocenters. The Morgan fingerprint density at radius 1 is 1.29 bits per heavy atom. The SMILES string of the molecule is CCNC(=O)N[C@H]1CC[C@H](C(C)[SH](C)C)CC1. The summed E-state index contributed by atoms with van der Waals surface area (Å²) in [5.41, 5.74) is 0. The Bertz CT molecular complexity index is 238. The van der Waals surface area contributed by atoms with Gasteiger partial charge in [0.25, 0.3) is 0 Å². The van der Waals surface area contributed by atoms with E-state index in [0.717, 1.165) is 24.0 Å². The van der Waals surface area contributed by atoms with Gasteiger partial charge in [0.1, 0.15) is 0 Å². The van der Waals surface area contributed by atoms with Crippen molar-refractivity contribution in [3.63, 3.8) is 0 Å². The smallest absolute Gasteiger partial charge is 0.314 e. The van der Waals surface area contributed by atoms with Crippen molar-refractivity contribution >= 4 is 16.9 Å². The van der Waals surface area contributed by atoms with Gasteiger partial charge in [0.2, 0.25) is 0 Å². The number of rotatable bonds is 4. The van der Waals surface area contributed by atoms with Crippen LogP contribution in [-0.2, 0) is 0 Å². The minimum absolute atomic E-state index is 0.00256. The van der Waals surface area contributed by atoms with Gasteiger partial charge in [-0.25, -0.2) is 4.79 Å². The van der Waals surface area contributed by atoms with Crippen LogP contribution in [0.5, 0.6) is 0 Å². The quantitative estimate of drug-likeness (QED) is 0.668. The summed E-state index contributed by atoms with van der Waals surface area (Å²) >= 11 is 0. The predicted molar refractivity (Wildman–Crippen MR) is 78.3 cm³/mol. The number of thiol groups is 1. The van der Waals surface area contributed by atoms with Crippen LogP contribution < -0.4 is 10.6 Å². The van der Waals surface area contributed by atoms with Crippen LogP contribution in [0.3, 0.4) is 0 Å². The molecule has 1 atom stereocenters. The Morgan fingerprint density at radius 2 is 1.88 bits per heavy atom. The second kappa shape index (κ2) is 7.14. The van der Waals surface area contributed by atoms with Crippen molar-refractivity contribution in [3.05, 3.63) is 0 Å². The summed E-state index contributed by atoms with van der Waals surface area (Å²) in [7, 11) is 0.179. The molecule has 0 heterocycles. The molecule has 1 rings (SSSR count).